The van der Waals surface area contributed by atoms with E-state index in [2.05, 4.69) is 4.72 Å². The van der Waals surface area contributed by atoms with Gasteiger partial charge in [0.1, 0.15) is 10.6 Å². The van der Waals surface area contributed by atoms with E-state index in [1.54, 1.807) is 24.3 Å². The first-order valence-corrected chi connectivity index (χ1v) is 10.3. The smallest absolute Gasteiger partial charge is 0.244 e. The maximum atomic E-state index is 12.5. The normalized spacial score (nSPS) is 22.0. The average molecular weight is 366 g/mol. The number of piperidine rings is 1. The van der Waals surface area contributed by atoms with Crippen LogP contribution in [-0.2, 0) is 14.8 Å². The molecule has 0 unspecified atom stereocenters. The Morgan fingerprint density at radius 1 is 1.28 bits per heavy atom. The molecule has 0 atom stereocenters. The van der Waals surface area contributed by atoms with Crippen LogP contribution in [0.25, 0.3) is 0 Å². The van der Waals surface area contributed by atoms with Gasteiger partial charge in [-0.05, 0) is 30.9 Å². The molecule has 1 N–H and O–H groups in total. The molecule has 6 nitrogen and oxygen atoms in total. The highest BCUT2D eigenvalue weighted by Gasteiger charge is 2.39. The summed E-state index contributed by atoms with van der Waals surface area (Å²) in [5, 5.41) is 0. The van der Waals surface area contributed by atoms with Crippen molar-refractivity contribution in [2.24, 2.45) is 11.3 Å². The highest BCUT2D eigenvalue weighted by molar-refractivity contribution is 7.89. The fraction of sp³-hybridized carbons (Fsp3) is 0.611. The number of nitrogens with zero attached hydrogens (tertiary/aromatic N) is 1. The number of rotatable bonds is 2. The number of carbonyl (C=O) groups excluding carboxylic acids is 1. The van der Waals surface area contributed by atoms with Crippen LogP contribution in [0.5, 0.6) is 5.75 Å². The van der Waals surface area contributed by atoms with Crippen LogP contribution < -0.4 is 9.46 Å². The quantitative estimate of drug-likeness (QED) is 0.869. The summed E-state index contributed by atoms with van der Waals surface area (Å²) in [6.45, 7) is 6.18. The topological polar surface area (TPSA) is 75.7 Å². The molecule has 1 spiro atoms. The van der Waals surface area contributed by atoms with Crippen LogP contribution in [0.15, 0.2) is 29.2 Å². The molecule has 2 aliphatic rings. The fourth-order valence-corrected chi connectivity index (χ4v) is 4.73. The number of para-hydroxylation sites is 1. The Kier molecular flexibility index (Phi) is 5.06. The number of nitrogens with one attached hydrogen (secondary N) is 1. The number of hydrogen-bond acceptors (Lipinski definition) is 4. The Morgan fingerprint density at radius 3 is 2.64 bits per heavy atom. The van der Waals surface area contributed by atoms with Crippen LogP contribution in [0.1, 0.15) is 33.1 Å². The Bertz CT molecular complexity index is 737. The van der Waals surface area contributed by atoms with Crippen LogP contribution in [0, 0.1) is 11.3 Å². The van der Waals surface area contributed by atoms with Crippen molar-refractivity contribution in [3.8, 4) is 5.75 Å². The summed E-state index contributed by atoms with van der Waals surface area (Å²) in [5.41, 5.74) is -0.269. The largest absolute Gasteiger partial charge is 0.492 e. The highest BCUT2D eigenvalue weighted by atomic mass is 32.2. The number of carbonyl (C=O) groups is 1. The second-order valence-corrected chi connectivity index (χ2v) is 9.27. The molecular weight excluding hydrogens is 340 g/mol. The van der Waals surface area contributed by atoms with E-state index < -0.39 is 10.0 Å². The van der Waals surface area contributed by atoms with Crippen molar-refractivity contribution in [1.82, 2.24) is 9.62 Å². The molecule has 138 valence electrons. The lowest BCUT2D eigenvalue weighted by Crippen LogP contribution is -2.51. The Balaban J connectivity index is 1.72. The van der Waals surface area contributed by atoms with E-state index in [0.717, 1.165) is 12.8 Å². The number of fused-ring (bicyclic) bond motifs is 1. The molecule has 1 aromatic carbocycles. The summed E-state index contributed by atoms with van der Waals surface area (Å²) in [6.07, 6.45) is 2.03. The first-order valence-electron chi connectivity index (χ1n) is 8.81. The number of ether oxygens (including phenoxy) is 1. The fourth-order valence-electron chi connectivity index (χ4n) is 3.43. The van der Waals surface area contributed by atoms with Gasteiger partial charge in [-0.3, -0.25) is 4.79 Å². The van der Waals surface area contributed by atoms with Crippen LogP contribution in [-0.4, -0.2) is 45.5 Å². The number of amides is 1. The number of sulfonamides is 1. The van der Waals surface area contributed by atoms with Crippen molar-refractivity contribution in [3.05, 3.63) is 24.3 Å². The first-order chi connectivity index (χ1) is 11.8. The van der Waals surface area contributed by atoms with Crippen LogP contribution in [0.3, 0.4) is 0 Å². The summed E-state index contributed by atoms with van der Waals surface area (Å²) >= 11 is 0. The Labute approximate surface area is 149 Å². The second kappa shape index (κ2) is 6.96. The molecule has 3 rings (SSSR count). The van der Waals surface area contributed by atoms with E-state index in [0.29, 0.717) is 44.3 Å². The molecule has 0 aromatic heterocycles. The minimum absolute atomic E-state index is 0.183. The van der Waals surface area contributed by atoms with E-state index in [-0.39, 0.29) is 16.2 Å². The molecule has 0 bridgehead atoms. The van der Waals surface area contributed by atoms with Crippen molar-refractivity contribution in [2.75, 3.05) is 26.2 Å². The minimum atomic E-state index is -3.58. The third kappa shape index (κ3) is 3.98. The predicted molar refractivity (Wildman–Crippen MR) is 94.8 cm³/mol. The third-order valence-corrected chi connectivity index (χ3v) is 6.51. The first kappa shape index (κ1) is 18.2. The zero-order valence-corrected chi connectivity index (χ0v) is 15.6. The van der Waals surface area contributed by atoms with Gasteiger partial charge in [-0.1, -0.05) is 26.0 Å². The van der Waals surface area contributed by atoms with Gasteiger partial charge in [-0.25, -0.2) is 13.1 Å². The molecule has 2 heterocycles. The summed E-state index contributed by atoms with van der Waals surface area (Å²) in [5.74, 6) is 0.923. The van der Waals surface area contributed by atoms with Crippen molar-refractivity contribution >= 4 is 15.9 Å². The molecule has 1 aromatic rings. The van der Waals surface area contributed by atoms with Crippen molar-refractivity contribution in [3.63, 3.8) is 0 Å². The summed E-state index contributed by atoms with van der Waals surface area (Å²) in [7, 11) is -3.58. The molecule has 25 heavy (non-hydrogen) atoms. The SMILES string of the molecule is CC(C)CC(=O)N1CCC2(CC1)CNS(=O)(=O)c1ccccc1OC2. The lowest BCUT2D eigenvalue weighted by Gasteiger charge is -2.42. The molecule has 1 saturated heterocycles. The van der Waals surface area contributed by atoms with Gasteiger partial charge in [0.25, 0.3) is 0 Å². The van der Waals surface area contributed by atoms with Crippen molar-refractivity contribution in [1.29, 1.82) is 0 Å². The van der Waals surface area contributed by atoms with E-state index in [9.17, 15) is 13.2 Å². The maximum absolute atomic E-state index is 12.5. The van der Waals surface area contributed by atoms with E-state index in [1.165, 1.54) is 0 Å². The number of hydrogen-bond donors (Lipinski definition) is 1. The monoisotopic (exact) mass is 366 g/mol. The third-order valence-electron chi connectivity index (χ3n) is 5.07. The van der Waals surface area contributed by atoms with E-state index >= 15 is 0 Å². The Hall–Kier alpha value is -1.60. The van der Waals surface area contributed by atoms with Crippen molar-refractivity contribution in [2.45, 2.75) is 38.0 Å². The Morgan fingerprint density at radius 2 is 1.96 bits per heavy atom. The molecule has 2 aliphatic heterocycles. The van der Waals surface area contributed by atoms with Gasteiger partial charge in [-0.15, -0.1) is 0 Å². The van der Waals surface area contributed by atoms with Gasteiger partial charge in [0, 0.05) is 31.5 Å². The summed E-state index contributed by atoms with van der Waals surface area (Å²) in [4.78, 5) is 14.3. The molecule has 0 radical (unpaired) electrons. The van der Waals surface area contributed by atoms with Gasteiger partial charge in [0.15, 0.2) is 0 Å². The molecule has 0 saturated carbocycles. The predicted octanol–water partition coefficient (Wildman–Crippen LogP) is 2.01. The molecular formula is C18H26N2O4S. The molecule has 1 amide bonds. The molecule has 7 heteroatoms. The lowest BCUT2D eigenvalue weighted by atomic mass is 9.79. The number of benzene rings is 1. The van der Waals surface area contributed by atoms with Crippen LogP contribution >= 0.6 is 0 Å². The zero-order chi connectivity index (χ0) is 18.1. The highest BCUT2D eigenvalue weighted by Crippen LogP contribution is 2.36. The maximum Gasteiger partial charge on any atom is 0.244 e. The zero-order valence-electron chi connectivity index (χ0n) is 14.8. The van der Waals surface area contributed by atoms with Gasteiger partial charge < -0.3 is 9.64 Å². The average Bonchev–Trinajstić information content (AvgIpc) is 2.58. The summed E-state index contributed by atoms with van der Waals surface area (Å²) in [6, 6.07) is 6.71. The van der Waals surface area contributed by atoms with Gasteiger partial charge in [0.2, 0.25) is 15.9 Å². The van der Waals surface area contributed by atoms with E-state index in [1.807, 2.05) is 18.7 Å². The lowest BCUT2D eigenvalue weighted by molar-refractivity contribution is -0.134. The molecule has 0 aliphatic carbocycles. The second-order valence-electron chi connectivity index (χ2n) is 7.54. The van der Waals surface area contributed by atoms with Crippen molar-refractivity contribution < 1.29 is 17.9 Å². The minimum Gasteiger partial charge on any atom is -0.492 e. The van der Waals surface area contributed by atoms with Gasteiger partial charge in [-0.2, -0.15) is 0 Å². The van der Waals surface area contributed by atoms with Crippen LogP contribution in [0.4, 0.5) is 0 Å². The molecule has 1 fully saturated rings. The van der Waals surface area contributed by atoms with Gasteiger partial charge >= 0.3 is 0 Å². The van der Waals surface area contributed by atoms with E-state index in [4.69, 9.17) is 4.74 Å². The van der Waals surface area contributed by atoms with Crippen LogP contribution in [0.2, 0.25) is 0 Å². The number of likely N-dealkylation sites (tertiary alicyclic amines) is 1. The standard InChI is InChI=1S/C18H26N2O4S/c1-14(2)11-17(21)20-9-7-18(8-10-20)12-19-25(22,23)16-6-4-3-5-15(16)24-13-18/h3-6,14,19H,7-13H2,1-2H3. The summed E-state index contributed by atoms with van der Waals surface area (Å²) < 4.78 is 33.7. The van der Waals surface area contributed by atoms with Gasteiger partial charge in [0.05, 0.1) is 6.61 Å².